The highest BCUT2D eigenvalue weighted by Gasteiger charge is 2.35. The van der Waals surface area contributed by atoms with Crippen LogP contribution in [0.15, 0.2) is 41.9 Å². The third-order valence-corrected chi connectivity index (χ3v) is 4.71. The number of hydrogen-bond donors (Lipinski definition) is 1. The largest absolute Gasteiger partial charge is 0.442 e. The van der Waals surface area contributed by atoms with Crippen LogP contribution in [0, 0.1) is 6.57 Å². The highest BCUT2D eigenvalue weighted by Crippen LogP contribution is 2.45. The van der Waals surface area contributed by atoms with Crippen LogP contribution in [0.4, 0.5) is 10.6 Å². The maximum Gasteiger partial charge on any atom is 0.437 e. The van der Waals surface area contributed by atoms with Gasteiger partial charge in [-0.3, -0.25) is 0 Å². The number of rotatable bonds is 3. The third-order valence-electron chi connectivity index (χ3n) is 4.36. The minimum absolute atomic E-state index is 0.389. The molecule has 6 nitrogen and oxygen atoms in total. The Morgan fingerprint density at radius 1 is 1.36 bits per heavy atom. The smallest absolute Gasteiger partial charge is 0.437 e. The molecule has 2 heterocycles. The van der Waals surface area contributed by atoms with Crippen LogP contribution in [0.25, 0.3) is 4.85 Å². The molecule has 0 fully saturated rings. The normalized spacial score (nSPS) is 16.2. The number of nitrogens with one attached hydrogen (secondary N) is 1. The van der Waals surface area contributed by atoms with Crippen molar-refractivity contribution < 1.29 is 9.53 Å². The number of carbonyl (C=O) groups excluding carboxylic acids is 1. The van der Waals surface area contributed by atoms with Gasteiger partial charge in [0, 0.05) is 16.3 Å². The average molecular weight is 399 g/mol. The quantitative estimate of drug-likeness (QED) is 0.663. The van der Waals surface area contributed by atoms with Gasteiger partial charge in [0.25, 0.3) is 0 Å². The second kappa shape index (κ2) is 7.69. The van der Waals surface area contributed by atoms with Gasteiger partial charge in [0.1, 0.15) is 11.4 Å². The summed E-state index contributed by atoms with van der Waals surface area (Å²) in [6, 6.07) is 7.45. The standard InChI is InChI=1S/C21H23ClN4O2/c1-6-9-16-18(23-5)17(13-10-7-8-11-15(13)22)14-12-24-26(19(14)25-16)20(27)28-21(2,3)4/h7-8,10-12,17,25H,6,9H2,1-4H3. The summed E-state index contributed by atoms with van der Waals surface area (Å²) in [4.78, 5) is 16.5. The molecule has 0 bridgehead atoms. The van der Waals surface area contributed by atoms with Crippen LogP contribution in [0.5, 0.6) is 0 Å². The molecule has 1 N–H and O–H groups in total. The highest BCUT2D eigenvalue weighted by atomic mass is 35.5. The molecular formula is C21H23ClN4O2. The molecule has 1 aliphatic rings. The Bertz CT molecular complexity index is 979. The van der Waals surface area contributed by atoms with Gasteiger partial charge in [-0.25, -0.2) is 9.64 Å². The van der Waals surface area contributed by atoms with Crippen molar-refractivity contribution >= 4 is 23.5 Å². The lowest BCUT2D eigenvalue weighted by Crippen LogP contribution is -2.29. The molecule has 0 saturated carbocycles. The number of ether oxygens (including phenoxy) is 1. The van der Waals surface area contributed by atoms with E-state index in [1.165, 1.54) is 4.68 Å². The molecule has 1 aliphatic heterocycles. The molecule has 1 unspecified atom stereocenters. The van der Waals surface area contributed by atoms with Crippen LogP contribution in [-0.2, 0) is 4.74 Å². The zero-order valence-corrected chi connectivity index (χ0v) is 17.2. The molecule has 0 radical (unpaired) electrons. The molecular weight excluding hydrogens is 376 g/mol. The Morgan fingerprint density at radius 2 is 2.07 bits per heavy atom. The minimum Gasteiger partial charge on any atom is -0.442 e. The molecule has 1 aromatic carbocycles. The average Bonchev–Trinajstić information content (AvgIpc) is 3.04. The molecule has 146 valence electrons. The van der Waals surface area contributed by atoms with Gasteiger partial charge >= 0.3 is 6.09 Å². The molecule has 0 spiro atoms. The zero-order chi connectivity index (χ0) is 20.5. The topological polar surface area (TPSA) is 60.5 Å². The van der Waals surface area contributed by atoms with E-state index in [2.05, 4.69) is 15.3 Å². The fraction of sp³-hybridized carbons (Fsp3) is 0.381. The minimum atomic E-state index is -0.642. The first kappa shape index (κ1) is 20.0. The fourth-order valence-electron chi connectivity index (χ4n) is 3.27. The van der Waals surface area contributed by atoms with Crippen molar-refractivity contribution in [1.29, 1.82) is 0 Å². The molecule has 0 aliphatic carbocycles. The molecule has 7 heteroatoms. The second-order valence-corrected chi connectivity index (χ2v) is 8.05. The summed E-state index contributed by atoms with van der Waals surface area (Å²) in [5, 5.41) is 8.09. The van der Waals surface area contributed by atoms with E-state index in [9.17, 15) is 4.79 Å². The summed E-state index contributed by atoms with van der Waals surface area (Å²) >= 11 is 6.46. The maximum atomic E-state index is 12.7. The van der Waals surface area contributed by atoms with Crippen molar-refractivity contribution in [3.63, 3.8) is 0 Å². The van der Waals surface area contributed by atoms with Gasteiger partial charge in [0.05, 0.1) is 18.7 Å². The summed E-state index contributed by atoms with van der Waals surface area (Å²) < 4.78 is 6.70. The van der Waals surface area contributed by atoms with Crippen LogP contribution in [0.1, 0.15) is 57.6 Å². The van der Waals surface area contributed by atoms with Gasteiger partial charge in [-0.15, -0.1) is 4.68 Å². The van der Waals surface area contributed by atoms with Crippen molar-refractivity contribution in [1.82, 2.24) is 9.78 Å². The lowest BCUT2D eigenvalue weighted by atomic mass is 9.86. The Labute approximate surface area is 170 Å². The predicted octanol–water partition coefficient (Wildman–Crippen LogP) is 5.81. The molecule has 1 aromatic heterocycles. The van der Waals surface area contributed by atoms with Crippen molar-refractivity contribution in [2.24, 2.45) is 0 Å². The van der Waals surface area contributed by atoms with E-state index in [0.717, 1.165) is 23.2 Å². The molecule has 3 rings (SSSR count). The Hall–Kier alpha value is -2.78. The molecule has 2 aromatic rings. The number of anilines is 1. The predicted molar refractivity (Wildman–Crippen MR) is 109 cm³/mol. The zero-order valence-electron chi connectivity index (χ0n) is 16.4. The molecule has 28 heavy (non-hydrogen) atoms. The maximum absolute atomic E-state index is 12.7. The van der Waals surface area contributed by atoms with Crippen molar-refractivity contribution in [2.45, 2.75) is 52.1 Å². The van der Waals surface area contributed by atoms with Gasteiger partial charge in [-0.2, -0.15) is 5.10 Å². The molecule has 0 amide bonds. The van der Waals surface area contributed by atoms with E-state index in [1.807, 2.05) is 25.1 Å². The van der Waals surface area contributed by atoms with E-state index >= 15 is 0 Å². The lowest BCUT2D eigenvalue weighted by Gasteiger charge is -2.28. The number of halogens is 1. The number of fused-ring (bicyclic) bond motifs is 1. The van der Waals surface area contributed by atoms with Crippen LogP contribution < -0.4 is 5.32 Å². The summed E-state index contributed by atoms with van der Waals surface area (Å²) in [5.74, 6) is 0.134. The summed E-state index contributed by atoms with van der Waals surface area (Å²) in [6.45, 7) is 15.2. The summed E-state index contributed by atoms with van der Waals surface area (Å²) in [5.41, 5.74) is 2.25. The number of carbonyl (C=O) groups is 1. The molecule has 0 saturated heterocycles. The van der Waals surface area contributed by atoms with Gasteiger partial charge in [-0.05, 0) is 38.8 Å². The van der Waals surface area contributed by atoms with Crippen LogP contribution in [0.3, 0.4) is 0 Å². The Kier molecular flexibility index (Phi) is 5.48. The van der Waals surface area contributed by atoms with E-state index in [0.29, 0.717) is 23.0 Å². The second-order valence-electron chi connectivity index (χ2n) is 7.65. The van der Waals surface area contributed by atoms with Gasteiger partial charge in [-0.1, -0.05) is 43.1 Å². The Balaban J connectivity index is 2.16. The van der Waals surface area contributed by atoms with Crippen LogP contribution >= 0.6 is 11.6 Å². The fourth-order valence-corrected chi connectivity index (χ4v) is 3.51. The first-order valence-corrected chi connectivity index (χ1v) is 9.57. The van der Waals surface area contributed by atoms with Crippen molar-refractivity contribution in [3.8, 4) is 0 Å². The summed E-state index contributed by atoms with van der Waals surface area (Å²) in [7, 11) is 0. The van der Waals surface area contributed by atoms with Crippen molar-refractivity contribution in [3.05, 3.63) is 69.4 Å². The number of aromatic nitrogens is 2. The van der Waals surface area contributed by atoms with Crippen LogP contribution in [0.2, 0.25) is 5.02 Å². The number of allylic oxidation sites excluding steroid dienone is 2. The van der Waals surface area contributed by atoms with E-state index in [4.69, 9.17) is 22.9 Å². The van der Waals surface area contributed by atoms with Crippen LogP contribution in [-0.4, -0.2) is 21.5 Å². The first-order chi connectivity index (χ1) is 13.3. The number of benzene rings is 1. The number of nitrogens with zero attached hydrogens (tertiary/aromatic N) is 3. The van der Waals surface area contributed by atoms with Gasteiger partial charge < -0.3 is 10.1 Å². The lowest BCUT2D eigenvalue weighted by molar-refractivity contribution is 0.0518. The van der Waals surface area contributed by atoms with E-state index < -0.39 is 11.7 Å². The summed E-state index contributed by atoms with van der Waals surface area (Å²) in [6.07, 6.45) is 2.57. The third kappa shape index (κ3) is 3.76. The first-order valence-electron chi connectivity index (χ1n) is 9.20. The SMILES string of the molecule is [C-]#[N+]C1=C(CCC)Nc2c(cnn2C(=O)OC(C)(C)C)C1c1ccccc1Cl. The van der Waals surface area contributed by atoms with Crippen molar-refractivity contribution in [2.75, 3.05) is 5.32 Å². The Morgan fingerprint density at radius 3 is 2.68 bits per heavy atom. The highest BCUT2D eigenvalue weighted by molar-refractivity contribution is 6.31. The molecule has 1 atom stereocenters. The van der Waals surface area contributed by atoms with E-state index in [-0.39, 0.29) is 5.92 Å². The monoisotopic (exact) mass is 398 g/mol. The van der Waals surface area contributed by atoms with E-state index in [1.54, 1.807) is 33.0 Å². The van der Waals surface area contributed by atoms with Gasteiger partial charge in [0.2, 0.25) is 0 Å². The number of hydrogen-bond acceptors (Lipinski definition) is 4. The van der Waals surface area contributed by atoms with Gasteiger partial charge in [0.15, 0.2) is 5.70 Å².